The highest BCUT2D eigenvalue weighted by Gasteiger charge is 2.75. The quantitative estimate of drug-likeness (QED) is 0.267. The van der Waals surface area contributed by atoms with E-state index in [9.17, 15) is 39.6 Å². The van der Waals surface area contributed by atoms with E-state index in [1.807, 2.05) is 0 Å². The molecule has 0 aromatic heterocycles. The lowest BCUT2D eigenvalue weighted by molar-refractivity contribution is -0.265. The Bertz CT molecular complexity index is 1500. The maximum atomic E-state index is 14.2. The van der Waals surface area contributed by atoms with Gasteiger partial charge in [0.15, 0.2) is 17.2 Å². The third-order valence-electron chi connectivity index (χ3n) is 10.3. The number of phenolic OH excluding ortho intramolecular Hbond substituents is 1. The second-order valence-electron chi connectivity index (χ2n) is 13.0. The van der Waals surface area contributed by atoms with Crippen LogP contribution in [0.3, 0.4) is 0 Å². The van der Waals surface area contributed by atoms with Gasteiger partial charge < -0.3 is 30.9 Å². The van der Waals surface area contributed by atoms with Crippen molar-refractivity contribution in [3.05, 3.63) is 53.1 Å². The number of ketones is 2. The molecular formula is C32H37NO9. The largest absolute Gasteiger partial charge is 0.507 e. The van der Waals surface area contributed by atoms with E-state index in [2.05, 4.69) is 0 Å². The smallest absolute Gasteiger partial charge is 0.337 e. The van der Waals surface area contributed by atoms with E-state index in [4.69, 9.17) is 10.5 Å². The first kappa shape index (κ1) is 29.9. The summed E-state index contributed by atoms with van der Waals surface area (Å²) in [6.45, 7) is 7.01. The molecule has 2 saturated carbocycles. The average Bonchev–Trinajstić information content (AvgIpc) is 2.90. The molecule has 0 saturated heterocycles. The van der Waals surface area contributed by atoms with Crippen molar-refractivity contribution in [3.63, 3.8) is 0 Å². The number of phenols is 1. The molecule has 42 heavy (non-hydrogen) atoms. The van der Waals surface area contributed by atoms with Crippen molar-refractivity contribution in [2.45, 2.75) is 58.3 Å². The summed E-state index contributed by atoms with van der Waals surface area (Å²) in [5.74, 6) is -7.87. The molecule has 0 spiro atoms. The summed E-state index contributed by atoms with van der Waals surface area (Å²) in [5.41, 5.74) is 2.67. The van der Waals surface area contributed by atoms with E-state index in [0.717, 1.165) is 0 Å². The highest BCUT2D eigenvalue weighted by atomic mass is 16.5. The summed E-state index contributed by atoms with van der Waals surface area (Å²) in [6.07, 6.45) is -3.19. The van der Waals surface area contributed by atoms with Gasteiger partial charge in [-0.3, -0.25) is 14.4 Å². The Labute approximate surface area is 243 Å². The monoisotopic (exact) mass is 579 g/mol. The highest BCUT2D eigenvalue weighted by Crippen LogP contribution is 2.66. The van der Waals surface area contributed by atoms with Crippen LogP contribution in [0.5, 0.6) is 5.75 Å². The highest BCUT2D eigenvalue weighted by molar-refractivity contribution is 6.09. The first-order valence-electron chi connectivity index (χ1n) is 14.0. The molecule has 5 rings (SSSR count). The van der Waals surface area contributed by atoms with Gasteiger partial charge in [0.2, 0.25) is 5.91 Å². The number of Topliss-reactive ketones (excluding diaryl/α,β-unsaturated/α-hetero) is 2. The third-order valence-corrected chi connectivity index (χ3v) is 10.3. The van der Waals surface area contributed by atoms with Crippen molar-refractivity contribution in [1.82, 2.24) is 0 Å². The van der Waals surface area contributed by atoms with Gasteiger partial charge in [-0.25, -0.2) is 4.79 Å². The molecule has 6 N–H and O–H groups in total. The number of carbonyl (C=O) groups is 4. The molecular weight excluding hydrogens is 542 g/mol. The molecule has 2 aromatic rings. The van der Waals surface area contributed by atoms with Crippen LogP contribution in [0.4, 0.5) is 0 Å². The van der Waals surface area contributed by atoms with Crippen LogP contribution in [-0.4, -0.2) is 68.8 Å². The molecule has 3 aliphatic rings. The number of ether oxygens (including phenoxy) is 1. The molecule has 0 radical (unpaired) electrons. The zero-order valence-corrected chi connectivity index (χ0v) is 24.2. The van der Waals surface area contributed by atoms with Gasteiger partial charge in [0.1, 0.15) is 17.8 Å². The topological polar surface area (TPSA) is 184 Å². The van der Waals surface area contributed by atoms with Crippen molar-refractivity contribution in [2.24, 2.45) is 40.2 Å². The van der Waals surface area contributed by atoms with Crippen LogP contribution >= 0.6 is 0 Å². The molecule has 3 aliphatic carbocycles. The van der Waals surface area contributed by atoms with Crippen molar-refractivity contribution >= 4 is 23.4 Å². The van der Waals surface area contributed by atoms with Gasteiger partial charge in [-0.05, 0) is 65.0 Å². The van der Waals surface area contributed by atoms with Crippen LogP contribution in [0, 0.1) is 34.5 Å². The Kier molecular flexibility index (Phi) is 6.91. The van der Waals surface area contributed by atoms with Crippen molar-refractivity contribution < 1.29 is 44.3 Å². The molecule has 2 aromatic carbocycles. The molecule has 10 heteroatoms. The first-order chi connectivity index (χ1) is 19.5. The summed E-state index contributed by atoms with van der Waals surface area (Å²) >= 11 is 0. The molecule has 224 valence electrons. The average molecular weight is 580 g/mol. The van der Waals surface area contributed by atoms with Crippen molar-refractivity contribution in [3.8, 4) is 16.9 Å². The number of methoxy groups -OCH3 is 1. The van der Waals surface area contributed by atoms with Crippen LogP contribution in [-0.2, 0) is 20.7 Å². The molecule has 8 atom stereocenters. The minimum absolute atomic E-state index is 0.0200. The maximum Gasteiger partial charge on any atom is 0.337 e. The number of amides is 1. The predicted molar refractivity (Wildman–Crippen MR) is 150 cm³/mol. The number of nitrogens with two attached hydrogens (primary N) is 1. The van der Waals surface area contributed by atoms with Crippen LogP contribution < -0.4 is 5.73 Å². The SMILES string of the molecule is COC(=O)c1ccc(-c2ccc(O)c3c2C[C@]2(C)C[C@]4(C)[C@@H](C(C)C)C(O)[C@@H](C(N)=O)C(=O)[C@]4(O)C(O)[C@H]2C3=O)cc1. The fourth-order valence-corrected chi connectivity index (χ4v) is 8.71. The predicted octanol–water partition coefficient (Wildman–Crippen LogP) is 2.03. The lowest BCUT2D eigenvalue weighted by atomic mass is 9.39. The van der Waals surface area contributed by atoms with E-state index < -0.39 is 69.8 Å². The zero-order chi connectivity index (χ0) is 31.1. The number of aliphatic hydroxyl groups is 3. The van der Waals surface area contributed by atoms with E-state index in [0.29, 0.717) is 22.3 Å². The fourth-order valence-electron chi connectivity index (χ4n) is 8.71. The summed E-state index contributed by atoms with van der Waals surface area (Å²) in [4.78, 5) is 52.3. The van der Waals surface area contributed by atoms with Gasteiger partial charge >= 0.3 is 5.97 Å². The number of hydrogen-bond acceptors (Lipinski definition) is 9. The summed E-state index contributed by atoms with van der Waals surface area (Å²) in [7, 11) is 1.28. The van der Waals surface area contributed by atoms with Gasteiger partial charge in [0, 0.05) is 5.41 Å². The summed E-state index contributed by atoms with van der Waals surface area (Å²) < 4.78 is 4.78. The summed E-state index contributed by atoms with van der Waals surface area (Å²) in [5, 5.41) is 46.2. The number of aromatic hydroxyl groups is 1. The third kappa shape index (κ3) is 3.81. The normalized spacial score (nSPS) is 35.7. The molecule has 0 heterocycles. The molecule has 2 unspecified atom stereocenters. The molecule has 0 bridgehead atoms. The maximum absolute atomic E-state index is 14.2. The van der Waals surface area contributed by atoms with Crippen LogP contribution in [0.1, 0.15) is 60.4 Å². The minimum atomic E-state index is -2.56. The number of fused-ring (bicyclic) bond motifs is 3. The van der Waals surface area contributed by atoms with E-state index >= 15 is 0 Å². The second kappa shape index (κ2) is 9.72. The Morgan fingerprint density at radius 1 is 1.05 bits per heavy atom. The lowest BCUT2D eigenvalue weighted by Gasteiger charge is -2.66. The van der Waals surface area contributed by atoms with Gasteiger partial charge in [-0.15, -0.1) is 0 Å². The van der Waals surface area contributed by atoms with Crippen LogP contribution in [0.25, 0.3) is 11.1 Å². The molecule has 2 fully saturated rings. The van der Waals surface area contributed by atoms with Gasteiger partial charge in [-0.1, -0.05) is 45.9 Å². The van der Waals surface area contributed by atoms with Crippen molar-refractivity contribution in [2.75, 3.05) is 7.11 Å². The molecule has 10 nitrogen and oxygen atoms in total. The van der Waals surface area contributed by atoms with Gasteiger partial charge in [0.05, 0.1) is 30.3 Å². The zero-order valence-electron chi connectivity index (χ0n) is 24.2. The number of hydrogen-bond donors (Lipinski definition) is 5. The number of benzene rings is 2. The fraction of sp³-hybridized carbons (Fsp3) is 0.500. The van der Waals surface area contributed by atoms with E-state index in [1.54, 1.807) is 58.0 Å². The Balaban J connectivity index is 1.69. The van der Waals surface area contributed by atoms with Gasteiger partial charge in [-0.2, -0.15) is 0 Å². The Morgan fingerprint density at radius 2 is 1.67 bits per heavy atom. The van der Waals surface area contributed by atoms with Gasteiger partial charge in [0.25, 0.3) is 0 Å². The minimum Gasteiger partial charge on any atom is -0.507 e. The van der Waals surface area contributed by atoms with Crippen LogP contribution in [0.15, 0.2) is 36.4 Å². The standard InChI is InChI=1S/C32H37NO9/c1-14(2)22-25(36)21(28(33)39)26(37)32(41)27(38)23-24(35)20-18(12-30(23,3)13-31(22,32)4)17(10-11-19(20)34)15-6-8-16(9-7-15)29(40)42-5/h6-11,14,21-23,25,27,34,36,38,41H,12-13H2,1-5H3,(H2,33,39)/t21-,22+,23-,25?,27?,30-,31-,32+/m1/s1. The molecule has 1 amide bonds. The number of aliphatic hydroxyl groups excluding tert-OH is 2. The van der Waals surface area contributed by atoms with Crippen molar-refractivity contribution in [1.29, 1.82) is 0 Å². The number of carbonyl (C=O) groups excluding carboxylic acids is 4. The van der Waals surface area contributed by atoms with E-state index in [1.165, 1.54) is 13.2 Å². The molecule has 0 aliphatic heterocycles. The number of rotatable bonds is 4. The Morgan fingerprint density at radius 3 is 2.21 bits per heavy atom. The summed E-state index contributed by atoms with van der Waals surface area (Å²) in [6, 6.07) is 9.66. The second-order valence-corrected chi connectivity index (χ2v) is 13.0. The Hall–Kier alpha value is -3.60. The van der Waals surface area contributed by atoms with E-state index in [-0.39, 0.29) is 30.1 Å². The lowest BCUT2D eigenvalue weighted by Crippen LogP contribution is -2.79. The number of esters is 1. The first-order valence-corrected chi connectivity index (χ1v) is 14.0. The van der Waals surface area contributed by atoms with Crippen LogP contribution in [0.2, 0.25) is 0 Å². The number of primary amides is 1.